The second-order valence-corrected chi connectivity index (χ2v) is 7.65. The van der Waals surface area contributed by atoms with Crippen LogP contribution in [-0.4, -0.2) is 32.6 Å². The first kappa shape index (κ1) is 22.3. The highest BCUT2D eigenvalue weighted by molar-refractivity contribution is 6.09. The quantitative estimate of drug-likeness (QED) is 0.666. The van der Waals surface area contributed by atoms with Gasteiger partial charge >= 0.3 is 0 Å². The number of rotatable bonds is 8. The molecule has 0 radical (unpaired) electrons. The summed E-state index contributed by atoms with van der Waals surface area (Å²) in [5.74, 6) is 0.639. The Hall–Kier alpha value is -3.02. The molecule has 6 nitrogen and oxygen atoms in total. The minimum Gasteiger partial charge on any atom is -0.493 e. The summed E-state index contributed by atoms with van der Waals surface area (Å²) < 4.78 is 10.5. The second kappa shape index (κ2) is 9.45. The van der Waals surface area contributed by atoms with Gasteiger partial charge in [0.1, 0.15) is 5.41 Å². The number of hydrogen-bond acceptors (Lipinski definition) is 4. The van der Waals surface area contributed by atoms with Crippen molar-refractivity contribution in [1.29, 1.82) is 0 Å². The lowest BCUT2D eigenvalue weighted by Crippen LogP contribution is -2.45. The Morgan fingerprint density at radius 3 is 2.10 bits per heavy atom. The standard InChI is InChI=1S/C23H30N2O4/c1-15-11-16(2)13-18(12-15)25-22(27)23(3,4)21(26)24-10-9-17-7-8-19(28-5)20(14-17)29-6/h7-8,11-14H,9-10H2,1-6H3,(H,24,26)(H,25,27). The average molecular weight is 399 g/mol. The van der Waals surface area contributed by atoms with Crippen molar-refractivity contribution in [2.24, 2.45) is 5.41 Å². The molecule has 2 N–H and O–H groups in total. The molecule has 0 aliphatic carbocycles. The van der Waals surface area contributed by atoms with E-state index in [9.17, 15) is 9.59 Å². The Kier molecular flexibility index (Phi) is 7.26. The predicted octanol–water partition coefficient (Wildman–Crippen LogP) is 3.64. The number of methoxy groups -OCH3 is 2. The number of carbonyl (C=O) groups excluding carboxylic acids is 2. The van der Waals surface area contributed by atoms with E-state index in [4.69, 9.17) is 9.47 Å². The van der Waals surface area contributed by atoms with E-state index in [2.05, 4.69) is 10.6 Å². The van der Waals surface area contributed by atoms with Crippen LogP contribution in [0.25, 0.3) is 0 Å². The van der Waals surface area contributed by atoms with Crippen LogP contribution in [-0.2, 0) is 16.0 Å². The third kappa shape index (κ3) is 5.73. The monoisotopic (exact) mass is 398 g/mol. The Morgan fingerprint density at radius 1 is 0.897 bits per heavy atom. The first-order valence-corrected chi connectivity index (χ1v) is 9.56. The predicted molar refractivity (Wildman–Crippen MR) is 115 cm³/mol. The largest absolute Gasteiger partial charge is 0.493 e. The SMILES string of the molecule is COc1ccc(CCNC(=O)C(C)(C)C(=O)Nc2cc(C)cc(C)c2)cc1OC. The van der Waals surface area contributed by atoms with E-state index in [0.717, 1.165) is 16.7 Å². The number of amides is 2. The molecule has 2 rings (SSSR count). The van der Waals surface area contributed by atoms with Gasteiger partial charge in [-0.3, -0.25) is 9.59 Å². The molecule has 0 unspecified atom stereocenters. The zero-order chi connectivity index (χ0) is 21.6. The highest BCUT2D eigenvalue weighted by Gasteiger charge is 2.35. The van der Waals surface area contributed by atoms with E-state index in [1.54, 1.807) is 28.1 Å². The molecule has 2 aromatic rings. The molecule has 6 heteroatoms. The number of hydrogen-bond donors (Lipinski definition) is 2. The van der Waals surface area contributed by atoms with Gasteiger partial charge in [0.25, 0.3) is 0 Å². The van der Waals surface area contributed by atoms with Crippen LogP contribution >= 0.6 is 0 Å². The van der Waals surface area contributed by atoms with Crippen LogP contribution in [0.15, 0.2) is 36.4 Å². The molecule has 0 heterocycles. The molecule has 156 valence electrons. The summed E-state index contributed by atoms with van der Waals surface area (Å²) in [6.45, 7) is 7.59. The summed E-state index contributed by atoms with van der Waals surface area (Å²) in [6.07, 6.45) is 0.612. The van der Waals surface area contributed by atoms with Crippen molar-refractivity contribution in [3.8, 4) is 11.5 Å². The van der Waals surface area contributed by atoms with Gasteiger partial charge < -0.3 is 20.1 Å². The van der Waals surface area contributed by atoms with Gasteiger partial charge in [-0.25, -0.2) is 0 Å². The van der Waals surface area contributed by atoms with Gasteiger partial charge in [0.15, 0.2) is 11.5 Å². The summed E-state index contributed by atoms with van der Waals surface area (Å²) in [7, 11) is 3.17. The van der Waals surface area contributed by atoms with Crippen LogP contribution in [0.3, 0.4) is 0 Å². The fraction of sp³-hybridized carbons (Fsp3) is 0.391. The van der Waals surface area contributed by atoms with Gasteiger partial charge in [0.2, 0.25) is 11.8 Å². The van der Waals surface area contributed by atoms with E-state index in [-0.39, 0.29) is 11.8 Å². The lowest BCUT2D eigenvalue weighted by Gasteiger charge is -2.23. The maximum absolute atomic E-state index is 12.7. The molecule has 2 amide bonds. The van der Waals surface area contributed by atoms with Crippen LogP contribution in [0.5, 0.6) is 11.5 Å². The van der Waals surface area contributed by atoms with E-state index < -0.39 is 5.41 Å². The average Bonchev–Trinajstić information content (AvgIpc) is 2.66. The fourth-order valence-corrected chi connectivity index (χ4v) is 3.01. The smallest absolute Gasteiger partial charge is 0.239 e. The highest BCUT2D eigenvalue weighted by Crippen LogP contribution is 2.27. The Morgan fingerprint density at radius 2 is 1.52 bits per heavy atom. The fourth-order valence-electron chi connectivity index (χ4n) is 3.01. The first-order chi connectivity index (χ1) is 13.7. The maximum Gasteiger partial charge on any atom is 0.239 e. The molecule has 0 spiro atoms. The molecule has 0 bridgehead atoms. The van der Waals surface area contributed by atoms with Crippen molar-refractivity contribution in [3.05, 3.63) is 53.1 Å². The van der Waals surface area contributed by atoms with Crippen LogP contribution in [0, 0.1) is 19.3 Å². The van der Waals surface area contributed by atoms with Gasteiger partial charge in [-0.1, -0.05) is 12.1 Å². The Labute approximate surface area is 172 Å². The minimum atomic E-state index is -1.20. The lowest BCUT2D eigenvalue weighted by atomic mass is 9.90. The van der Waals surface area contributed by atoms with Crippen LogP contribution in [0.2, 0.25) is 0 Å². The molecule has 0 aromatic heterocycles. The molecule has 0 saturated heterocycles. The minimum absolute atomic E-state index is 0.320. The highest BCUT2D eigenvalue weighted by atomic mass is 16.5. The normalized spacial score (nSPS) is 11.0. The van der Waals surface area contributed by atoms with Crippen molar-refractivity contribution >= 4 is 17.5 Å². The summed E-state index contributed by atoms with van der Waals surface area (Å²) in [6, 6.07) is 11.4. The number of ether oxygens (including phenoxy) is 2. The number of nitrogens with one attached hydrogen (secondary N) is 2. The summed E-state index contributed by atoms with van der Waals surface area (Å²) >= 11 is 0. The molecule has 0 atom stereocenters. The molecule has 0 saturated carbocycles. The molecule has 0 aliphatic rings. The van der Waals surface area contributed by atoms with E-state index in [0.29, 0.717) is 30.2 Å². The van der Waals surface area contributed by atoms with Crippen molar-refractivity contribution in [1.82, 2.24) is 5.32 Å². The molecular formula is C23H30N2O4. The number of carbonyl (C=O) groups is 2. The molecule has 0 fully saturated rings. The second-order valence-electron chi connectivity index (χ2n) is 7.65. The summed E-state index contributed by atoms with van der Waals surface area (Å²) in [4.78, 5) is 25.3. The van der Waals surface area contributed by atoms with Crippen molar-refractivity contribution in [3.63, 3.8) is 0 Å². The number of anilines is 1. The zero-order valence-corrected chi connectivity index (χ0v) is 18.0. The third-order valence-electron chi connectivity index (χ3n) is 4.76. The van der Waals surface area contributed by atoms with E-state index in [1.165, 1.54) is 0 Å². The Balaban J connectivity index is 1.95. The maximum atomic E-state index is 12.7. The lowest BCUT2D eigenvalue weighted by molar-refractivity contribution is -0.138. The molecule has 29 heavy (non-hydrogen) atoms. The topological polar surface area (TPSA) is 76.7 Å². The van der Waals surface area contributed by atoms with Crippen molar-refractivity contribution in [2.45, 2.75) is 34.1 Å². The molecule has 0 aliphatic heterocycles. The van der Waals surface area contributed by atoms with Crippen LogP contribution < -0.4 is 20.1 Å². The first-order valence-electron chi connectivity index (χ1n) is 9.56. The zero-order valence-electron chi connectivity index (χ0n) is 18.0. The van der Waals surface area contributed by atoms with E-state index >= 15 is 0 Å². The van der Waals surface area contributed by atoms with Gasteiger partial charge in [-0.05, 0) is 75.1 Å². The Bertz CT molecular complexity index is 870. The molecular weight excluding hydrogens is 368 g/mol. The van der Waals surface area contributed by atoms with Gasteiger partial charge in [0, 0.05) is 12.2 Å². The summed E-state index contributed by atoms with van der Waals surface area (Å²) in [5.41, 5.74) is 2.60. The van der Waals surface area contributed by atoms with Gasteiger partial charge in [-0.15, -0.1) is 0 Å². The van der Waals surface area contributed by atoms with Gasteiger partial charge in [0.05, 0.1) is 14.2 Å². The third-order valence-corrected chi connectivity index (χ3v) is 4.76. The van der Waals surface area contributed by atoms with Gasteiger partial charge in [-0.2, -0.15) is 0 Å². The van der Waals surface area contributed by atoms with Crippen molar-refractivity contribution < 1.29 is 19.1 Å². The number of benzene rings is 2. The van der Waals surface area contributed by atoms with E-state index in [1.807, 2.05) is 50.2 Å². The van der Waals surface area contributed by atoms with Crippen molar-refractivity contribution in [2.75, 3.05) is 26.1 Å². The number of aryl methyl sites for hydroxylation is 2. The summed E-state index contributed by atoms with van der Waals surface area (Å²) in [5, 5.41) is 5.71. The molecule has 2 aromatic carbocycles. The van der Waals surface area contributed by atoms with Crippen LogP contribution in [0.4, 0.5) is 5.69 Å². The van der Waals surface area contributed by atoms with Crippen LogP contribution in [0.1, 0.15) is 30.5 Å².